The lowest BCUT2D eigenvalue weighted by atomic mass is 10.2. The van der Waals surface area contributed by atoms with Crippen LogP contribution in [0.5, 0.6) is 5.75 Å². The molecule has 0 unspecified atom stereocenters. The molecule has 0 radical (unpaired) electrons. The molecule has 0 saturated carbocycles. The predicted octanol–water partition coefficient (Wildman–Crippen LogP) is 3.82. The number of rotatable bonds is 4. The average molecular weight is 356 g/mol. The van der Waals surface area contributed by atoms with Gasteiger partial charge in [-0.15, -0.1) is 0 Å². The zero-order chi connectivity index (χ0) is 14.5. The van der Waals surface area contributed by atoms with Gasteiger partial charge in [0.1, 0.15) is 10.9 Å². The van der Waals surface area contributed by atoms with E-state index in [0.717, 1.165) is 10.0 Å². The molecule has 6 heteroatoms. The Morgan fingerprint density at radius 3 is 2.85 bits per heavy atom. The molecule has 1 aromatic heterocycles. The van der Waals surface area contributed by atoms with Crippen molar-refractivity contribution in [3.05, 3.63) is 51.7 Å². The Morgan fingerprint density at radius 2 is 2.20 bits per heavy atom. The normalized spacial score (nSPS) is 10.2. The van der Waals surface area contributed by atoms with Gasteiger partial charge in [0.15, 0.2) is 6.61 Å². The van der Waals surface area contributed by atoms with Gasteiger partial charge in [-0.3, -0.25) is 4.79 Å². The highest BCUT2D eigenvalue weighted by Gasteiger charge is 2.06. The molecule has 1 aromatic carbocycles. The maximum atomic E-state index is 11.7. The highest BCUT2D eigenvalue weighted by atomic mass is 79.9. The summed E-state index contributed by atoms with van der Waals surface area (Å²) in [4.78, 5) is 15.6. The summed E-state index contributed by atoms with van der Waals surface area (Å²) in [5, 5.41) is 3.05. The van der Waals surface area contributed by atoms with Gasteiger partial charge in [0.25, 0.3) is 5.91 Å². The van der Waals surface area contributed by atoms with Gasteiger partial charge in [0.05, 0.1) is 16.4 Å². The van der Waals surface area contributed by atoms with Crippen molar-refractivity contribution >= 4 is 39.1 Å². The third kappa shape index (κ3) is 4.21. The predicted molar refractivity (Wildman–Crippen MR) is 82.3 cm³/mol. The summed E-state index contributed by atoms with van der Waals surface area (Å²) in [5.41, 5.74) is 1.69. The summed E-state index contributed by atoms with van der Waals surface area (Å²) >= 11 is 9.06. The molecule has 0 bridgehead atoms. The van der Waals surface area contributed by atoms with Crippen molar-refractivity contribution in [3.8, 4) is 5.75 Å². The Morgan fingerprint density at radius 1 is 1.40 bits per heavy atom. The molecule has 1 amide bonds. The second-order valence-electron chi connectivity index (χ2n) is 4.14. The van der Waals surface area contributed by atoms with Crippen molar-refractivity contribution < 1.29 is 9.53 Å². The summed E-state index contributed by atoms with van der Waals surface area (Å²) < 4.78 is 6.26. The molecule has 4 nitrogen and oxygen atoms in total. The number of carbonyl (C=O) groups is 1. The fraction of sp³-hybridized carbons (Fsp3) is 0.143. The largest absolute Gasteiger partial charge is 0.483 e. The van der Waals surface area contributed by atoms with Crippen LogP contribution in [0.4, 0.5) is 5.69 Å². The number of aryl methyl sites for hydroxylation is 1. The number of halogens is 2. The minimum Gasteiger partial charge on any atom is -0.483 e. The molecule has 0 fully saturated rings. The lowest BCUT2D eigenvalue weighted by molar-refractivity contribution is -0.118. The van der Waals surface area contributed by atoms with Crippen molar-refractivity contribution in [1.29, 1.82) is 0 Å². The molecule has 1 heterocycles. The van der Waals surface area contributed by atoms with Crippen LogP contribution in [0.2, 0.25) is 5.15 Å². The van der Waals surface area contributed by atoms with E-state index in [9.17, 15) is 4.79 Å². The Hall–Kier alpha value is -1.59. The molecule has 0 atom stereocenters. The summed E-state index contributed by atoms with van der Waals surface area (Å²) in [6.45, 7) is 1.90. The van der Waals surface area contributed by atoms with E-state index in [2.05, 4.69) is 26.2 Å². The van der Waals surface area contributed by atoms with Crippen LogP contribution in [0, 0.1) is 6.92 Å². The van der Waals surface area contributed by atoms with Crippen LogP contribution in [-0.2, 0) is 4.79 Å². The molecule has 20 heavy (non-hydrogen) atoms. The van der Waals surface area contributed by atoms with Gasteiger partial charge >= 0.3 is 0 Å². The average Bonchev–Trinajstić information content (AvgIpc) is 2.40. The molecule has 0 aliphatic carbocycles. The van der Waals surface area contributed by atoms with E-state index in [1.807, 2.05) is 25.1 Å². The van der Waals surface area contributed by atoms with Crippen molar-refractivity contribution in [2.75, 3.05) is 11.9 Å². The van der Waals surface area contributed by atoms with Gasteiger partial charge in [-0.05, 0) is 52.7 Å². The Kier molecular flexibility index (Phi) is 4.98. The molecule has 0 spiro atoms. The summed E-state index contributed by atoms with van der Waals surface area (Å²) in [7, 11) is 0. The van der Waals surface area contributed by atoms with Crippen LogP contribution in [-0.4, -0.2) is 17.5 Å². The smallest absolute Gasteiger partial charge is 0.262 e. The maximum absolute atomic E-state index is 11.7. The molecule has 104 valence electrons. The van der Waals surface area contributed by atoms with Crippen LogP contribution < -0.4 is 10.1 Å². The Labute approximate surface area is 130 Å². The second kappa shape index (κ2) is 6.72. The zero-order valence-corrected chi connectivity index (χ0v) is 13.0. The van der Waals surface area contributed by atoms with E-state index >= 15 is 0 Å². The first-order valence-electron chi connectivity index (χ1n) is 5.85. The number of nitrogens with zero attached hydrogens (tertiary/aromatic N) is 1. The number of amides is 1. The van der Waals surface area contributed by atoms with Gasteiger partial charge in [-0.1, -0.05) is 17.7 Å². The van der Waals surface area contributed by atoms with Crippen molar-refractivity contribution in [3.63, 3.8) is 0 Å². The number of ether oxygens (including phenoxy) is 1. The van der Waals surface area contributed by atoms with Crippen LogP contribution >= 0.6 is 27.5 Å². The number of anilines is 1. The highest BCUT2D eigenvalue weighted by molar-refractivity contribution is 9.10. The number of carbonyl (C=O) groups excluding carboxylic acids is 1. The molecule has 0 saturated heterocycles. The van der Waals surface area contributed by atoms with Crippen molar-refractivity contribution in [1.82, 2.24) is 4.98 Å². The standard InChI is InChI=1S/C14H12BrClN2O2/c1-9-2-4-12(11(15)6-9)20-8-14(19)18-10-3-5-13(16)17-7-10/h2-7H,8H2,1H3,(H,18,19). The number of hydrogen-bond acceptors (Lipinski definition) is 3. The number of aromatic nitrogens is 1. The molecule has 0 aliphatic heterocycles. The maximum Gasteiger partial charge on any atom is 0.262 e. The van der Waals surface area contributed by atoms with Gasteiger partial charge in [0.2, 0.25) is 0 Å². The summed E-state index contributed by atoms with van der Waals surface area (Å²) in [5.74, 6) is 0.363. The minimum atomic E-state index is -0.262. The van der Waals surface area contributed by atoms with Crippen LogP contribution in [0.3, 0.4) is 0 Å². The lowest BCUT2D eigenvalue weighted by Crippen LogP contribution is -2.20. The van der Waals surface area contributed by atoms with E-state index in [4.69, 9.17) is 16.3 Å². The highest BCUT2D eigenvalue weighted by Crippen LogP contribution is 2.25. The van der Waals surface area contributed by atoms with E-state index in [0.29, 0.717) is 16.6 Å². The number of hydrogen-bond donors (Lipinski definition) is 1. The SMILES string of the molecule is Cc1ccc(OCC(=O)Nc2ccc(Cl)nc2)c(Br)c1. The number of pyridine rings is 1. The van der Waals surface area contributed by atoms with Crippen LogP contribution in [0.1, 0.15) is 5.56 Å². The van der Waals surface area contributed by atoms with Crippen molar-refractivity contribution in [2.24, 2.45) is 0 Å². The van der Waals surface area contributed by atoms with Gasteiger partial charge in [0, 0.05) is 0 Å². The van der Waals surface area contributed by atoms with Gasteiger partial charge < -0.3 is 10.1 Å². The van der Waals surface area contributed by atoms with E-state index in [1.165, 1.54) is 6.20 Å². The third-order valence-electron chi connectivity index (χ3n) is 2.46. The van der Waals surface area contributed by atoms with Gasteiger partial charge in [-0.2, -0.15) is 0 Å². The first-order valence-corrected chi connectivity index (χ1v) is 7.02. The molecule has 1 N–H and O–H groups in total. The second-order valence-corrected chi connectivity index (χ2v) is 5.38. The molecular weight excluding hydrogens is 344 g/mol. The number of benzene rings is 1. The summed E-state index contributed by atoms with van der Waals surface area (Å²) in [6, 6.07) is 8.94. The van der Waals surface area contributed by atoms with Crippen LogP contribution in [0.15, 0.2) is 41.0 Å². The van der Waals surface area contributed by atoms with Crippen molar-refractivity contribution in [2.45, 2.75) is 6.92 Å². The monoisotopic (exact) mass is 354 g/mol. The molecule has 2 rings (SSSR count). The first-order chi connectivity index (χ1) is 9.54. The lowest BCUT2D eigenvalue weighted by Gasteiger charge is -2.09. The fourth-order valence-corrected chi connectivity index (χ4v) is 2.23. The molecular formula is C14H12BrClN2O2. The number of nitrogens with one attached hydrogen (secondary N) is 1. The third-order valence-corrected chi connectivity index (χ3v) is 3.30. The van der Waals surface area contributed by atoms with Crippen LogP contribution in [0.25, 0.3) is 0 Å². The van der Waals surface area contributed by atoms with E-state index < -0.39 is 0 Å². The van der Waals surface area contributed by atoms with E-state index in [1.54, 1.807) is 12.1 Å². The quantitative estimate of drug-likeness (QED) is 0.848. The van der Waals surface area contributed by atoms with E-state index in [-0.39, 0.29) is 12.5 Å². The van der Waals surface area contributed by atoms with Gasteiger partial charge in [-0.25, -0.2) is 4.98 Å². The topological polar surface area (TPSA) is 51.2 Å². The zero-order valence-electron chi connectivity index (χ0n) is 10.7. The minimum absolute atomic E-state index is 0.0791. The molecule has 0 aliphatic rings. The Bertz CT molecular complexity index is 617. The first kappa shape index (κ1) is 14.8. The summed E-state index contributed by atoms with van der Waals surface area (Å²) in [6.07, 6.45) is 1.49. The molecule has 2 aromatic rings. The Balaban J connectivity index is 1.90. The fourth-order valence-electron chi connectivity index (χ4n) is 1.51.